The van der Waals surface area contributed by atoms with Crippen molar-refractivity contribution in [3.05, 3.63) is 0 Å². The van der Waals surface area contributed by atoms with Crippen molar-refractivity contribution in [3.8, 4) is 11.9 Å². The van der Waals surface area contributed by atoms with Crippen LogP contribution in [-0.2, 0) is 0 Å². The van der Waals surface area contributed by atoms with E-state index in [9.17, 15) is 0 Å². The van der Waals surface area contributed by atoms with Gasteiger partial charge in [-0.05, 0) is 6.42 Å². The summed E-state index contributed by atoms with van der Waals surface area (Å²) >= 11 is 0. The molecule has 4 heteroatoms. The molecule has 0 saturated carbocycles. The zero-order valence-electron chi connectivity index (χ0n) is 13.3. The molecule has 0 aromatic rings. The van der Waals surface area contributed by atoms with Crippen LogP contribution < -0.4 is 0 Å². The summed E-state index contributed by atoms with van der Waals surface area (Å²) in [5.41, 5.74) is 0. The van der Waals surface area contributed by atoms with Gasteiger partial charge in [-0.2, -0.15) is 12.6 Å². The number of quaternary nitrogens is 1. The van der Waals surface area contributed by atoms with Gasteiger partial charge in [0.2, 0.25) is 6.15 Å². The standard InChI is InChI=1S/C9H20N.C6H10BN2/c1-3-4-7-10(2)8-5-6-9-10;1-3-7(4-2,5-8)6-9/h3-9H2,1-2H3;3-4H2,1-2H3/q+1;-1. The summed E-state index contributed by atoms with van der Waals surface area (Å²) in [5.74, 6) is 4.13. The highest BCUT2D eigenvalue weighted by molar-refractivity contribution is 6.93. The molecule has 0 N–H and O–H groups in total. The molecule has 1 rings (SSSR count). The summed E-state index contributed by atoms with van der Waals surface area (Å²) in [4.78, 5) is 0. The van der Waals surface area contributed by atoms with E-state index in [1.807, 2.05) is 13.8 Å². The van der Waals surface area contributed by atoms with E-state index in [0.29, 0.717) is 12.6 Å². The Bertz CT molecular complexity index is 301. The topological polar surface area (TPSA) is 47.6 Å². The van der Waals surface area contributed by atoms with Crippen molar-refractivity contribution in [3.63, 3.8) is 0 Å². The Labute approximate surface area is 119 Å². The Morgan fingerprint density at radius 2 is 1.47 bits per heavy atom. The number of unbranched alkanes of at least 4 members (excludes halogenated alkanes) is 1. The molecule has 108 valence electrons. The fourth-order valence-electron chi connectivity index (χ4n) is 2.54. The number of nitriles is 2. The molecule has 0 radical (unpaired) electrons. The van der Waals surface area contributed by atoms with Crippen molar-refractivity contribution in [2.45, 2.75) is 59.1 Å². The number of rotatable bonds is 5. The van der Waals surface area contributed by atoms with Gasteiger partial charge in [0, 0.05) is 12.8 Å². The zero-order valence-corrected chi connectivity index (χ0v) is 13.3. The minimum atomic E-state index is -1.33. The van der Waals surface area contributed by atoms with E-state index in [-0.39, 0.29) is 0 Å². The molecule has 1 aliphatic heterocycles. The van der Waals surface area contributed by atoms with Crippen LogP contribution in [0.25, 0.3) is 0 Å². The number of nitrogens with zero attached hydrogens (tertiary/aromatic N) is 3. The van der Waals surface area contributed by atoms with Crippen molar-refractivity contribution in [1.82, 2.24) is 0 Å². The van der Waals surface area contributed by atoms with Gasteiger partial charge in [0.1, 0.15) is 0 Å². The van der Waals surface area contributed by atoms with Crippen LogP contribution in [0, 0.1) is 22.5 Å². The van der Waals surface area contributed by atoms with E-state index >= 15 is 0 Å². The molecule has 1 heterocycles. The third-order valence-electron chi connectivity index (χ3n) is 4.59. The lowest BCUT2D eigenvalue weighted by molar-refractivity contribution is -0.897. The first-order valence-corrected chi connectivity index (χ1v) is 7.86. The van der Waals surface area contributed by atoms with E-state index in [0.717, 1.165) is 0 Å². The van der Waals surface area contributed by atoms with Crippen LogP contribution in [0.4, 0.5) is 0 Å². The van der Waals surface area contributed by atoms with Crippen molar-refractivity contribution >= 4 is 6.15 Å². The molecule has 0 bridgehead atoms. The first-order chi connectivity index (χ1) is 9.01. The summed E-state index contributed by atoms with van der Waals surface area (Å²) in [7, 11) is 2.41. The zero-order chi connectivity index (χ0) is 14.8. The second-order valence-corrected chi connectivity index (χ2v) is 6.18. The summed E-state index contributed by atoms with van der Waals surface area (Å²) in [6.45, 7) is 10.3. The molecule has 3 nitrogen and oxygen atoms in total. The summed E-state index contributed by atoms with van der Waals surface area (Å²) in [5, 5.41) is 17.1. The van der Waals surface area contributed by atoms with Crippen LogP contribution in [0.3, 0.4) is 0 Å². The lowest BCUT2D eigenvalue weighted by atomic mass is 9.24. The predicted molar refractivity (Wildman–Crippen MR) is 82.9 cm³/mol. The van der Waals surface area contributed by atoms with Gasteiger partial charge < -0.3 is 4.48 Å². The largest absolute Gasteiger partial charge is 0.326 e. The minimum absolute atomic E-state index is 0.684. The summed E-state index contributed by atoms with van der Waals surface area (Å²) < 4.78 is 1.36. The molecule has 0 unspecified atom stereocenters. The third-order valence-corrected chi connectivity index (χ3v) is 4.59. The molecule has 1 fully saturated rings. The molecular formula is C15H30BN3. The molecule has 0 amide bonds. The van der Waals surface area contributed by atoms with Crippen LogP contribution >= 0.6 is 0 Å². The van der Waals surface area contributed by atoms with Crippen molar-refractivity contribution < 1.29 is 4.48 Å². The minimum Gasteiger partial charge on any atom is -0.326 e. The number of hydrogen-bond acceptors (Lipinski definition) is 2. The molecular weight excluding hydrogens is 233 g/mol. The molecule has 0 spiro atoms. The lowest BCUT2D eigenvalue weighted by Gasteiger charge is -2.28. The quantitative estimate of drug-likeness (QED) is 0.561. The van der Waals surface area contributed by atoms with Crippen molar-refractivity contribution in [2.75, 3.05) is 26.7 Å². The predicted octanol–water partition coefficient (Wildman–Crippen LogP) is 3.63. The first kappa shape index (κ1) is 18.0. The molecule has 0 aliphatic carbocycles. The maximum absolute atomic E-state index is 8.53. The van der Waals surface area contributed by atoms with Crippen LogP contribution in [0.2, 0.25) is 12.6 Å². The number of hydrogen-bond donors (Lipinski definition) is 0. The van der Waals surface area contributed by atoms with Gasteiger partial charge in [-0.3, -0.25) is 0 Å². The summed E-state index contributed by atoms with van der Waals surface area (Å²) in [6.07, 6.45) is 5.72. The molecule has 19 heavy (non-hydrogen) atoms. The fourth-order valence-corrected chi connectivity index (χ4v) is 2.54. The normalized spacial score (nSPS) is 16.9. The maximum atomic E-state index is 8.53. The van der Waals surface area contributed by atoms with Crippen molar-refractivity contribution in [2.24, 2.45) is 0 Å². The molecule has 0 atom stereocenters. The van der Waals surface area contributed by atoms with E-state index in [1.54, 1.807) is 0 Å². The highest BCUT2D eigenvalue weighted by Crippen LogP contribution is 2.16. The fraction of sp³-hybridized carbons (Fsp3) is 0.867. The van der Waals surface area contributed by atoms with Gasteiger partial charge in [0.05, 0.1) is 26.7 Å². The number of likely N-dealkylation sites (tertiary alicyclic amines) is 1. The first-order valence-electron chi connectivity index (χ1n) is 7.86. The molecule has 1 aliphatic rings. The highest BCUT2D eigenvalue weighted by atomic mass is 15.3. The van der Waals surface area contributed by atoms with Crippen LogP contribution in [0.5, 0.6) is 0 Å². The van der Waals surface area contributed by atoms with E-state index < -0.39 is 6.15 Å². The van der Waals surface area contributed by atoms with Crippen LogP contribution in [-0.4, -0.2) is 37.3 Å². The monoisotopic (exact) mass is 263 g/mol. The third kappa shape index (κ3) is 6.12. The van der Waals surface area contributed by atoms with Crippen LogP contribution in [0.15, 0.2) is 0 Å². The molecule has 0 aromatic heterocycles. The Hall–Kier alpha value is -0.995. The Balaban J connectivity index is 0.000000344. The SMILES string of the molecule is CCCC[N+]1(C)CCCC1.CC[B-](C#N)(C#N)CC. The van der Waals surface area contributed by atoms with E-state index in [1.165, 1.54) is 49.8 Å². The Kier molecular flexibility index (Phi) is 8.52. The summed E-state index contributed by atoms with van der Waals surface area (Å²) in [6, 6.07) is 0. The van der Waals surface area contributed by atoms with Crippen LogP contribution in [0.1, 0.15) is 46.5 Å². The molecule has 1 saturated heterocycles. The van der Waals surface area contributed by atoms with Gasteiger partial charge in [0.15, 0.2) is 0 Å². The maximum Gasteiger partial charge on any atom is 0.205 e. The smallest absolute Gasteiger partial charge is 0.205 e. The average molecular weight is 263 g/mol. The van der Waals surface area contributed by atoms with E-state index in [2.05, 4.69) is 25.9 Å². The van der Waals surface area contributed by atoms with E-state index in [4.69, 9.17) is 10.5 Å². The van der Waals surface area contributed by atoms with Gasteiger partial charge in [-0.15, -0.1) is 11.9 Å². The van der Waals surface area contributed by atoms with Gasteiger partial charge in [-0.1, -0.05) is 27.2 Å². The second kappa shape index (κ2) is 9.00. The lowest BCUT2D eigenvalue weighted by Crippen LogP contribution is -2.41. The Morgan fingerprint density at radius 3 is 1.74 bits per heavy atom. The average Bonchev–Trinajstić information content (AvgIpc) is 2.88. The van der Waals surface area contributed by atoms with Gasteiger partial charge >= 0.3 is 0 Å². The molecule has 0 aromatic carbocycles. The van der Waals surface area contributed by atoms with Gasteiger partial charge in [-0.25, -0.2) is 10.5 Å². The highest BCUT2D eigenvalue weighted by Gasteiger charge is 2.25. The Morgan fingerprint density at radius 1 is 1.00 bits per heavy atom. The second-order valence-electron chi connectivity index (χ2n) is 6.18. The van der Waals surface area contributed by atoms with Crippen molar-refractivity contribution in [1.29, 1.82) is 10.5 Å². The van der Waals surface area contributed by atoms with Gasteiger partial charge in [0.25, 0.3) is 0 Å².